The Labute approximate surface area is 126 Å². The molecule has 2 aromatic heterocycles. The van der Waals surface area contributed by atoms with Gasteiger partial charge in [-0.25, -0.2) is 4.39 Å². The lowest BCUT2D eigenvalue weighted by Crippen LogP contribution is -2.09. The zero-order valence-electron chi connectivity index (χ0n) is 11.3. The number of H-pyrrole nitrogens is 1. The van der Waals surface area contributed by atoms with Crippen molar-refractivity contribution in [3.8, 4) is 11.5 Å². The maximum Gasteiger partial charge on any atom is 0.196 e. The number of nitrogens with one attached hydrogen (secondary N) is 1. The first kappa shape index (κ1) is 13.6. The normalized spacial score (nSPS) is 12.3. The van der Waals surface area contributed by atoms with Crippen LogP contribution in [0.5, 0.6) is 0 Å². The molecule has 3 rings (SSSR count). The van der Waals surface area contributed by atoms with Crippen molar-refractivity contribution in [1.82, 2.24) is 19.7 Å². The molecule has 0 bridgehead atoms. The van der Waals surface area contributed by atoms with E-state index >= 15 is 0 Å². The first-order chi connectivity index (χ1) is 10.2. The van der Waals surface area contributed by atoms with Crippen LogP contribution in [0.1, 0.15) is 18.5 Å². The van der Waals surface area contributed by atoms with Crippen LogP contribution < -0.4 is 0 Å². The van der Waals surface area contributed by atoms with Crippen molar-refractivity contribution in [2.75, 3.05) is 0 Å². The average molecular weight is 300 g/mol. The minimum atomic E-state index is -0.258. The van der Waals surface area contributed by atoms with Gasteiger partial charge in [-0.1, -0.05) is 18.2 Å². The number of benzene rings is 1. The Morgan fingerprint density at radius 2 is 1.95 bits per heavy atom. The summed E-state index contributed by atoms with van der Waals surface area (Å²) in [6, 6.07) is 11.9. The third-order valence-corrected chi connectivity index (χ3v) is 3.63. The highest BCUT2D eigenvalue weighted by atomic mass is 32.1. The SMILES string of the molecule is CC(c1ccc(F)cc1)n1c(-c2ccccn2)n[nH]c1=S. The van der Waals surface area contributed by atoms with Crippen LogP contribution in [0.15, 0.2) is 48.7 Å². The van der Waals surface area contributed by atoms with Gasteiger partial charge in [-0.05, 0) is 49.0 Å². The van der Waals surface area contributed by atoms with Gasteiger partial charge in [0, 0.05) is 6.20 Å². The summed E-state index contributed by atoms with van der Waals surface area (Å²) in [6.07, 6.45) is 1.71. The molecule has 0 saturated carbocycles. The van der Waals surface area contributed by atoms with Crippen molar-refractivity contribution >= 4 is 12.2 Å². The van der Waals surface area contributed by atoms with Crippen LogP contribution in [0, 0.1) is 10.6 Å². The van der Waals surface area contributed by atoms with E-state index in [2.05, 4.69) is 15.2 Å². The second kappa shape index (κ2) is 5.57. The van der Waals surface area contributed by atoms with E-state index < -0.39 is 0 Å². The predicted octanol–water partition coefficient (Wildman–Crippen LogP) is 3.75. The van der Waals surface area contributed by atoms with Gasteiger partial charge >= 0.3 is 0 Å². The third kappa shape index (κ3) is 2.62. The summed E-state index contributed by atoms with van der Waals surface area (Å²) in [6.45, 7) is 1.99. The molecule has 21 heavy (non-hydrogen) atoms. The smallest absolute Gasteiger partial charge is 0.196 e. The van der Waals surface area contributed by atoms with E-state index in [9.17, 15) is 4.39 Å². The Balaban J connectivity index is 2.08. The van der Waals surface area contributed by atoms with Gasteiger partial charge in [0.2, 0.25) is 0 Å². The largest absolute Gasteiger partial charge is 0.292 e. The Kier molecular flexibility index (Phi) is 3.62. The second-order valence-electron chi connectivity index (χ2n) is 4.66. The van der Waals surface area contributed by atoms with Crippen molar-refractivity contribution in [3.63, 3.8) is 0 Å². The number of rotatable bonds is 3. The van der Waals surface area contributed by atoms with Crippen LogP contribution in [-0.4, -0.2) is 19.7 Å². The van der Waals surface area contributed by atoms with Gasteiger partial charge in [-0.2, -0.15) is 5.10 Å². The summed E-state index contributed by atoms with van der Waals surface area (Å²) in [5, 5.41) is 7.06. The molecule has 1 unspecified atom stereocenters. The van der Waals surface area contributed by atoms with E-state index in [0.29, 0.717) is 10.6 Å². The Morgan fingerprint density at radius 1 is 1.19 bits per heavy atom. The van der Waals surface area contributed by atoms with Crippen LogP contribution in [0.2, 0.25) is 0 Å². The molecule has 106 valence electrons. The number of halogens is 1. The molecule has 0 aliphatic carbocycles. The second-order valence-corrected chi connectivity index (χ2v) is 5.05. The molecule has 4 nitrogen and oxygen atoms in total. The molecule has 0 spiro atoms. The highest BCUT2D eigenvalue weighted by molar-refractivity contribution is 7.71. The van der Waals surface area contributed by atoms with Crippen LogP contribution in [0.25, 0.3) is 11.5 Å². The van der Waals surface area contributed by atoms with Gasteiger partial charge in [0.1, 0.15) is 11.5 Å². The van der Waals surface area contributed by atoms with E-state index in [0.717, 1.165) is 11.3 Å². The number of aromatic amines is 1. The lowest BCUT2D eigenvalue weighted by Gasteiger charge is -2.15. The highest BCUT2D eigenvalue weighted by Crippen LogP contribution is 2.24. The fraction of sp³-hybridized carbons (Fsp3) is 0.133. The van der Waals surface area contributed by atoms with E-state index in [1.54, 1.807) is 18.3 Å². The molecule has 1 atom stereocenters. The Morgan fingerprint density at radius 3 is 2.62 bits per heavy atom. The topological polar surface area (TPSA) is 46.5 Å². The maximum atomic E-state index is 13.1. The Hall–Kier alpha value is -2.34. The number of aromatic nitrogens is 4. The van der Waals surface area contributed by atoms with Crippen LogP contribution in [0.4, 0.5) is 4.39 Å². The van der Waals surface area contributed by atoms with Gasteiger partial charge < -0.3 is 0 Å². The summed E-state index contributed by atoms with van der Waals surface area (Å²) < 4.78 is 15.4. The van der Waals surface area contributed by atoms with Crippen molar-refractivity contribution in [3.05, 3.63) is 64.8 Å². The minimum Gasteiger partial charge on any atom is -0.292 e. The van der Waals surface area contributed by atoms with Crippen molar-refractivity contribution < 1.29 is 4.39 Å². The monoisotopic (exact) mass is 300 g/mol. The molecule has 1 aromatic carbocycles. The molecular formula is C15H13FN4S. The van der Waals surface area contributed by atoms with Crippen molar-refractivity contribution in [1.29, 1.82) is 0 Å². The molecule has 3 aromatic rings. The van der Waals surface area contributed by atoms with E-state index in [1.165, 1.54) is 12.1 Å². The molecule has 2 heterocycles. The zero-order valence-corrected chi connectivity index (χ0v) is 12.1. The summed E-state index contributed by atoms with van der Waals surface area (Å²) in [5.41, 5.74) is 1.69. The molecule has 0 amide bonds. The molecule has 0 radical (unpaired) electrons. The van der Waals surface area contributed by atoms with E-state index in [1.807, 2.05) is 29.7 Å². The number of pyridine rings is 1. The molecule has 0 aliphatic heterocycles. The molecule has 0 fully saturated rings. The average Bonchev–Trinajstić information content (AvgIpc) is 2.90. The minimum absolute atomic E-state index is 0.0751. The fourth-order valence-electron chi connectivity index (χ4n) is 2.23. The van der Waals surface area contributed by atoms with Crippen LogP contribution >= 0.6 is 12.2 Å². The van der Waals surface area contributed by atoms with Gasteiger partial charge in [0.05, 0.1) is 6.04 Å². The molecule has 0 aliphatic rings. The first-order valence-electron chi connectivity index (χ1n) is 6.50. The number of hydrogen-bond donors (Lipinski definition) is 1. The summed E-state index contributed by atoms with van der Waals surface area (Å²) >= 11 is 5.32. The summed E-state index contributed by atoms with van der Waals surface area (Å²) in [4.78, 5) is 4.30. The molecule has 0 saturated heterocycles. The molecule has 1 N–H and O–H groups in total. The van der Waals surface area contributed by atoms with Crippen molar-refractivity contribution in [2.45, 2.75) is 13.0 Å². The van der Waals surface area contributed by atoms with E-state index in [4.69, 9.17) is 12.2 Å². The number of nitrogens with zero attached hydrogens (tertiary/aromatic N) is 3. The predicted molar refractivity (Wildman–Crippen MR) is 80.9 cm³/mol. The lowest BCUT2D eigenvalue weighted by molar-refractivity contribution is 0.614. The molecular weight excluding hydrogens is 287 g/mol. The summed E-state index contributed by atoms with van der Waals surface area (Å²) in [5.74, 6) is 0.407. The fourth-order valence-corrected chi connectivity index (χ4v) is 2.52. The quantitative estimate of drug-likeness (QED) is 0.749. The standard InChI is InChI=1S/C15H13FN4S/c1-10(11-5-7-12(16)8-6-11)20-14(18-19-15(20)21)13-4-2-3-9-17-13/h2-10H,1H3,(H,19,21). The summed E-state index contributed by atoms with van der Waals surface area (Å²) in [7, 11) is 0. The number of hydrogen-bond acceptors (Lipinski definition) is 3. The molecule has 6 heteroatoms. The third-order valence-electron chi connectivity index (χ3n) is 3.34. The van der Waals surface area contributed by atoms with Gasteiger partial charge in [0.15, 0.2) is 10.6 Å². The van der Waals surface area contributed by atoms with Crippen LogP contribution in [-0.2, 0) is 0 Å². The van der Waals surface area contributed by atoms with Gasteiger partial charge in [0.25, 0.3) is 0 Å². The highest BCUT2D eigenvalue weighted by Gasteiger charge is 2.16. The Bertz CT molecular complexity index is 793. The zero-order chi connectivity index (χ0) is 14.8. The van der Waals surface area contributed by atoms with Gasteiger partial charge in [-0.3, -0.25) is 14.6 Å². The van der Waals surface area contributed by atoms with Gasteiger partial charge in [-0.15, -0.1) is 0 Å². The van der Waals surface area contributed by atoms with Crippen LogP contribution in [0.3, 0.4) is 0 Å². The first-order valence-corrected chi connectivity index (χ1v) is 6.91. The van der Waals surface area contributed by atoms with Crippen molar-refractivity contribution in [2.24, 2.45) is 0 Å². The lowest BCUT2D eigenvalue weighted by atomic mass is 10.1. The maximum absolute atomic E-state index is 13.1. The van der Waals surface area contributed by atoms with E-state index in [-0.39, 0.29) is 11.9 Å².